The van der Waals surface area contributed by atoms with Crippen molar-refractivity contribution in [2.24, 2.45) is 0 Å². The van der Waals surface area contributed by atoms with Crippen LogP contribution in [0.25, 0.3) is 0 Å². The zero-order valence-electron chi connectivity index (χ0n) is 15.8. The predicted molar refractivity (Wildman–Crippen MR) is 109 cm³/mol. The van der Waals surface area contributed by atoms with Crippen molar-refractivity contribution < 1.29 is 8.42 Å². The zero-order valence-corrected chi connectivity index (χ0v) is 17.4. The number of nitrogens with zero attached hydrogens (tertiary/aromatic N) is 3. The number of piperazine rings is 1. The highest BCUT2D eigenvalue weighted by atomic mass is 35.5. The van der Waals surface area contributed by atoms with E-state index in [1.54, 1.807) is 26.2 Å². The second-order valence-corrected chi connectivity index (χ2v) is 9.70. The molecule has 27 heavy (non-hydrogen) atoms. The summed E-state index contributed by atoms with van der Waals surface area (Å²) >= 11 is 5.95. The van der Waals surface area contributed by atoms with Gasteiger partial charge in [0.05, 0.1) is 4.90 Å². The Morgan fingerprint density at radius 2 is 1.44 bits per heavy atom. The van der Waals surface area contributed by atoms with Crippen molar-refractivity contribution in [2.75, 3.05) is 40.3 Å². The second-order valence-electron chi connectivity index (χ2n) is 7.11. The molecule has 146 valence electrons. The first-order valence-corrected chi connectivity index (χ1v) is 10.9. The van der Waals surface area contributed by atoms with Gasteiger partial charge in [0.15, 0.2) is 0 Å². The quantitative estimate of drug-likeness (QED) is 0.738. The molecule has 1 fully saturated rings. The van der Waals surface area contributed by atoms with Crippen LogP contribution in [0, 0.1) is 0 Å². The van der Waals surface area contributed by atoms with Crippen molar-refractivity contribution >= 4 is 21.6 Å². The molecule has 0 spiro atoms. The van der Waals surface area contributed by atoms with Crippen LogP contribution in [-0.4, -0.2) is 62.8 Å². The van der Waals surface area contributed by atoms with E-state index in [2.05, 4.69) is 21.9 Å². The third kappa shape index (κ3) is 5.30. The van der Waals surface area contributed by atoms with E-state index in [9.17, 15) is 8.42 Å². The highest BCUT2D eigenvalue weighted by molar-refractivity contribution is 7.89. The van der Waals surface area contributed by atoms with E-state index >= 15 is 0 Å². The highest BCUT2D eigenvalue weighted by Crippen LogP contribution is 2.18. The van der Waals surface area contributed by atoms with Crippen LogP contribution in [0.2, 0.25) is 5.02 Å². The maximum absolute atomic E-state index is 12.3. The van der Waals surface area contributed by atoms with E-state index in [4.69, 9.17) is 11.6 Å². The monoisotopic (exact) mass is 407 g/mol. The fraction of sp³-hybridized carbons (Fsp3) is 0.400. The molecule has 1 saturated heterocycles. The topological polar surface area (TPSA) is 43.9 Å². The fourth-order valence-corrected chi connectivity index (χ4v) is 4.33. The first-order chi connectivity index (χ1) is 12.8. The van der Waals surface area contributed by atoms with E-state index in [1.807, 2.05) is 24.3 Å². The summed E-state index contributed by atoms with van der Waals surface area (Å²) in [5, 5.41) is 0.766. The number of benzene rings is 2. The van der Waals surface area contributed by atoms with E-state index in [0.29, 0.717) is 4.90 Å². The lowest BCUT2D eigenvalue weighted by Gasteiger charge is -2.34. The molecule has 0 N–H and O–H groups in total. The van der Waals surface area contributed by atoms with Gasteiger partial charge in [-0.3, -0.25) is 9.80 Å². The molecule has 0 unspecified atom stereocenters. The average molecular weight is 408 g/mol. The molecule has 0 aromatic heterocycles. The van der Waals surface area contributed by atoms with Gasteiger partial charge in [-0.15, -0.1) is 0 Å². The van der Waals surface area contributed by atoms with E-state index < -0.39 is 10.0 Å². The molecular weight excluding hydrogens is 382 g/mol. The molecular formula is C20H26ClN3O2S. The molecule has 0 amide bonds. The molecule has 2 aromatic carbocycles. The van der Waals surface area contributed by atoms with Gasteiger partial charge >= 0.3 is 0 Å². The van der Waals surface area contributed by atoms with Crippen molar-refractivity contribution in [3.8, 4) is 0 Å². The van der Waals surface area contributed by atoms with Crippen LogP contribution in [0.15, 0.2) is 53.4 Å². The minimum atomic E-state index is -3.39. The summed E-state index contributed by atoms with van der Waals surface area (Å²) in [6.07, 6.45) is 0. The molecule has 0 aliphatic carbocycles. The lowest BCUT2D eigenvalue weighted by Crippen LogP contribution is -2.45. The molecule has 1 aliphatic heterocycles. The summed E-state index contributed by atoms with van der Waals surface area (Å²) < 4.78 is 25.9. The molecule has 7 heteroatoms. The standard InChI is InChI=1S/C20H26ClN3O2S/c1-22(2)27(25,26)20-5-3-4-18(14-20)16-24-12-10-23(11-13-24)15-17-6-8-19(21)9-7-17/h3-9,14H,10-13,15-16H2,1-2H3. The Labute approximate surface area is 167 Å². The summed E-state index contributed by atoms with van der Waals surface area (Å²) in [6.45, 7) is 5.64. The van der Waals surface area contributed by atoms with Crippen LogP contribution in [0.1, 0.15) is 11.1 Å². The van der Waals surface area contributed by atoms with Crippen molar-refractivity contribution in [1.29, 1.82) is 0 Å². The molecule has 1 heterocycles. The van der Waals surface area contributed by atoms with Gasteiger partial charge in [0.1, 0.15) is 0 Å². The van der Waals surface area contributed by atoms with Gasteiger partial charge in [-0.2, -0.15) is 0 Å². The lowest BCUT2D eigenvalue weighted by molar-refractivity contribution is 0.122. The van der Waals surface area contributed by atoms with Crippen LogP contribution < -0.4 is 0 Å². The van der Waals surface area contributed by atoms with Crippen LogP contribution in [0.5, 0.6) is 0 Å². The van der Waals surface area contributed by atoms with Crippen LogP contribution in [0.4, 0.5) is 0 Å². The van der Waals surface area contributed by atoms with E-state index in [-0.39, 0.29) is 0 Å². The average Bonchev–Trinajstić information content (AvgIpc) is 2.65. The maximum atomic E-state index is 12.3. The molecule has 0 atom stereocenters. The second kappa shape index (κ2) is 8.71. The van der Waals surface area contributed by atoms with Gasteiger partial charge in [0.25, 0.3) is 0 Å². The molecule has 1 aliphatic rings. The molecule has 2 aromatic rings. The summed E-state index contributed by atoms with van der Waals surface area (Å²) in [4.78, 5) is 5.17. The third-order valence-corrected chi connectivity index (χ3v) is 6.93. The summed E-state index contributed by atoms with van der Waals surface area (Å²) in [5.74, 6) is 0. The minimum Gasteiger partial charge on any atom is -0.297 e. The largest absolute Gasteiger partial charge is 0.297 e. The van der Waals surface area contributed by atoms with E-state index in [0.717, 1.165) is 49.9 Å². The zero-order chi connectivity index (χ0) is 19.4. The normalized spacial score (nSPS) is 16.7. The van der Waals surface area contributed by atoms with Crippen molar-refractivity contribution in [2.45, 2.75) is 18.0 Å². The number of halogens is 1. The van der Waals surface area contributed by atoms with Gasteiger partial charge in [-0.1, -0.05) is 35.9 Å². The highest BCUT2D eigenvalue weighted by Gasteiger charge is 2.20. The Balaban J connectivity index is 1.56. The van der Waals surface area contributed by atoms with Crippen LogP contribution in [0.3, 0.4) is 0 Å². The first kappa shape index (κ1) is 20.3. The number of rotatable bonds is 6. The Morgan fingerprint density at radius 3 is 2.00 bits per heavy atom. The van der Waals surface area contributed by atoms with Gasteiger partial charge in [-0.25, -0.2) is 12.7 Å². The summed E-state index contributed by atoms with van der Waals surface area (Å²) in [5.41, 5.74) is 2.30. The van der Waals surface area contributed by atoms with E-state index in [1.165, 1.54) is 9.87 Å². The number of sulfonamides is 1. The minimum absolute atomic E-state index is 0.353. The Kier molecular flexibility index (Phi) is 6.55. The van der Waals surface area contributed by atoms with Crippen molar-refractivity contribution in [3.63, 3.8) is 0 Å². The Morgan fingerprint density at radius 1 is 0.889 bits per heavy atom. The lowest BCUT2D eigenvalue weighted by atomic mass is 10.1. The summed E-state index contributed by atoms with van der Waals surface area (Å²) in [7, 11) is -0.275. The van der Waals surface area contributed by atoms with Gasteiger partial charge in [-0.05, 0) is 35.4 Å². The SMILES string of the molecule is CN(C)S(=O)(=O)c1cccc(CN2CCN(Cc3ccc(Cl)cc3)CC2)c1. The maximum Gasteiger partial charge on any atom is 0.242 e. The van der Waals surface area contributed by atoms with Gasteiger partial charge < -0.3 is 0 Å². The summed E-state index contributed by atoms with van der Waals surface area (Å²) in [6, 6.07) is 15.3. The molecule has 0 bridgehead atoms. The third-order valence-electron chi connectivity index (χ3n) is 4.87. The van der Waals surface area contributed by atoms with Crippen molar-refractivity contribution in [3.05, 3.63) is 64.7 Å². The first-order valence-electron chi connectivity index (χ1n) is 9.05. The van der Waals surface area contributed by atoms with Gasteiger partial charge in [0, 0.05) is 58.4 Å². The Hall–Kier alpha value is -1.44. The molecule has 0 saturated carbocycles. The number of hydrogen-bond acceptors (Lipinski definition) is 4. The van der Waals surface area contributed by atoms with Crippen molar-refractivity contribution in [1.82, 2.24) is 14.1 Å². The van der Waals surface area contributed by atoms with Gasteiger partial charge in [0.2, 0.25) is 10.0 Å². The molecule has 0 radical (unpaired) electrons. The molecule has 3 rings (SSSR count). The molecule has 5 nitrogen and oxygen atoms in total. The Bertz CT molecular complexity index is 861. The van der Waals surface area contributed by atoms with Crippen LogP contribution >= 0.6 is 11.6 Å². The number of hydrogen-bond donors (Lipinski definition) is 0. The predicted octanol–water partition coefficient (Wildman–Crippen LogP) is 2.91. The van der Waals surface area contributed by atoms with Crippen LogP contribution in [-0.2, 0) is 23.1 Å². The smallest absolute Gasteiger partial charge is 0.242 e. The fourth-order valence-electron chi connectivity index (χ4n) is 3.23.